The third kappa shape index (κ3) is 4.73. The molecule has 4 heteroatoms. The van der Waals surface area contributed by atoms with E-state index in [9.17, 15) is 4.79 Å². The molecule has 0 aliphatic carbocycles. The first-order chi connectivity index (χ1) is 8.50. The number of carbonyl (C=O) groups is 1. The fourth-order valence-corrected chi connectivity index (χ4v) is 1.63. The van der Waals surface area contributed by atoms with Gasteiger partial charge < -0.3 is 10.2 Å². The zero-order chi connectivity index (χ0) is 13.5. The molecule has 18 heavy (non-hydrogen) atoms. The molecule has 1 aromatic heterocycles. The molecule has 0 atom stereocenters. The summed E-state index contributed by atoms with van der Waals surface area (Å²) in [7, 11) is 3.46. The molecular weight excluding hydrogens is 226 g/mol. The van der Waals surface area contributed by atoms with Crippen LogP contribution in [0.5, 0.6) is 0 Å². The van der Waals surface area contributed by atoms with Crippen molar-refractivity contribution < 1.29 is 4.79 Å². The summed E-state index contributed by atoms with van der Waals surface area (Å²) in [6.45, 7) is 5.37. The van der Waals surface area contributed by atoms with Crippen molar-refractivity contribution in [3.05, 3.63) is 24.0 Å². The topological polar surface area (TPSA) is 45.2 Å². The minimum Gasteiger partial charge on any atom is -0.385 e. The maximum absolute atomic E-state index is 11.8. The van der Waals surface area contributed by atoms with Gasteiger partial charge in [-0.2, -0.15) is 0 Å². The molecule has 100 valence electrons. The van der Waals surface area contributed by atoms with Crippen molar-refractivity contribution in [1.29, 1.82) is 0 Å². The molecule has 0 saturated heterocycles. The number of aromatic nitrogens is 1. The van der Waals surface area contributed by atoms with Gasteiger partial charge in [0, 0.05) is 32.5 Å². The Morgan fingerprint density at radius 3 is 2.78 bits per heavy atom. The molecule has 0 fully saturated rings. The molecule has 0 radical (unpaired) electrons. The first-order valence-electron chi connectivity index (χ1n) is 6.42. The van der Waals surface area contributed by atoms with Gasteiger partial charge in [-0.15, -0.1) is 0 Å². The second-order valence-electron chi connectivity index (χ2n) is 5.09. The van der Waals surface area contributed by atoms with Crippen LogP contribution in [0.3, 0.4) is 0 Å². The highest BCUT2D eigenvalue weighted by Crippen LogP contribution is 2.10. The highest BCUT2D eigenvalue weighted by atomic mass is 16.2. The lowest BCUT2D eigenvalue weighted by Gasteiger charge is -2.11. The second kappa shape index (κ2) is 6.99. The van der Waals surface area contributed by atoms with E-state index in [1.54, 1.807) is 26.4 Å². The predicted molar refractivity (Wildman–Crippen MR) is 74.8 cm³/mol. The summed E-state index contributed by atoms with van der Waals surface area (Å²) in [5.41, 5.74) is 1.44. The number of hydrogen-bond acceptors (Lipinski definition) is 3. The Bertz CT molecular complexity index is 388. The lowest BCUT2D eigenvalue weighted by Crippen LogP contribution is -2.22. The van der Waals surface area contributed by atoms with Gasteiger partial charge >= 0.3 is 0 Å². The van der Waals surface area contributed by atoms with Gasteiger partial charge in [-0.1, -0.05) is 13.8 Å². The molecule has 0 aliphatic rings. The van der Waals surface area contributed by atoms with Gasteiger partial charge in [0.2, 0.25) is 0 Å². The fraction of sp³-hybridized carbons (Fsp3) is 0.571. The molecule has 0 bridgehead atoms. The van der Waals surface area contributed by atoms with Crippen molar-refractivity contribution in [2.45, 2.75) is 26.7 Å². The molecule has 0 spiro atoms. The molecule has 1 rings (SSSR count). The summed E-state index contributed by atoms with van der Waals surface area (Å²) in [4.78, 5) is 17.4. The van der Waals surface area contributed by atoms with Gasteiger partial charge in [0.25, 0.3) is 5.91 Å². The average molecular weight is 249 g/mol. The SMILES string of the molecule is CC(C)CCCNc1ccnc(C(=O)N(C)C)c1. The molecule has 1 aromatic rings. The van der Waals surface area contributed by atoms with Crippen LogP contribution in [0.25, 0.3) is 0 Å². The summed E-state index contributed by atoms with van der Waals surface area (Å²) < 4.78 is 0. The van der Waals surface area contributed by atoms with Crippen LogP contribution in [-0.4, -0.2) is 36.4 Å². The quantitative estimate of drug-likeness (QED) is 0.788. The molecule has 0 unspecified atom stereocenters. The van der Waals surface area contributed by atoms with Gasteiger partial charge in [0.15, 0.2) is 0 Å². The van der Waals surface area contributed by atoms with Crippen LogP contribution in [0.1, 0.15) is 37.2 Å². The van der Waals surface area contributed by atoms with E-state index >= 15 is 0 Å². The molecule has 0 aromatic carbocycles. The fourth-order valence-electron chi connectivity index (χ4n) is 1.63. The van der Waals surface area contributed by atoms with E-state index in [2.05, 4.69) is 24.1 Å². The third-order valence-electron chi connectivity index (χ3n) is 2.67. The first kappa shape index (κ1) is 14.5. The van der Waals surface area contributed by atoms with Crippen molar-refractivity contribution in [1.82, 2.24) is 9.88 Å². The number of hydrogen-bond donors (Lipinski definition) is 1. The first-order valence-corrected chi connectivity index (χ1v) is 6.42. The van der Waals surface area contributed by atoms with Gasteiger partial charge in [-0.3, -0.25) is 9.78 Å². The van der Waals surface area contributed by atoms with E-state index in [-0.39, 0.29) is 5.91 Å². The molecule has 4 nitrogen and oxygen atoms in total. The molecule has 0 saturated carbocycles. The van der Waals surface area contributed by atoms with Crippen molar-refractivity contribution in [2.75, 3.05) is 26.0 Å². The van der Waals surface area contributed by atoms with E-state index in [1.807, 2.05) is 6.07 Å². The zero-order valence-electron chi connectivity index (χ0n) is 11.7. The Balaban J connectivity index is 2.52. The summed E-state index contributed by atoms with van der Waals surface area (Å²) >= 11 is 0. The Morgan fingerprint density at radius 1 is 1.44 bits per heavy atom. The van der Waals surface area contributed by atoms with Crippen molar-refractivity contribution in [3.63, 3.8) is 0 Å². The molecule has 1 heterocycles. The third-order valence-corrected chi connectivity index (χ3v) is 2.67. The summed E-state index contributed by atoms with van der Waals surface area (Å²) in [5, 5.41) is 3.32. The monoisotopic (exact) mass is 249 g/mol. The predicted octanol–water partition coefficient (Wildman–Crippen LogP) is 2.63. The summed E-state index contributed by atoms with van der Waals surface area (Å²) in [5.74, 6) is 0.663. The van der Waals surface area contributed by atoms with E-state index in [0.717, 1.165) is 24.6 Å². The maximum Gasteiger partial charge on any atom is 0.272 e. The van der Waals surface area contributed by atoms with Crippen molar-refractivity contribution in [3.8, 4) is 0 Å². The largest absolute Gasteiger partial charge is 0.385 e. The van der Waals surface area contributed by atoms with Gasteiger partial charge in [0.05, 0.1) is 0 Å². The number of nitrogens with one attached hydrogen (secondary N) is 1. The number of amides is 1. The molecule has 0 aliphatic heterocycles. The Hall–Kier alpha value is -1.58. The van der Waals surface area contributed by atoms with Crippen LogP contribution < -0.4 is 5.32 Å². The standard InChI is InChI=1S/C14H23N3O/c1-11(2)6-5-8-15-12-7-9-16-13(10-12)14(18)17(3)4/h7,9-11H,5-6,8H2,1-4H3,(H,15,16). The lowest BCUT2D eigenvalue weighted by atomic mass is 10.1. The minimum absolute atomic E-state index is 0.0687. The number of nitrogens with zero attached hydrogens (tertiary/aromatic N) is 2. The highest BCUT2D eigenvalue weighted by Gasteiger charge is 2.09. The number of carbonyl (C=O) groups excluding carboxylic acids is 1. The average Bonchev–Trinajstić information content (AvgIpc) is 2.33. The molecular formula is C14H23N3O. The normalized spacial score (nSPS) is 10.5. The van der Waals surface area contributed by atoms with Crippen molar-refractivity contribution in [2.24, 2.45) is 5.92 Å². The number of pyridine rings is 1. The second-order valence-corrected chi connectivity index (χ2v) is 5.09. The maximum atomic E-state index is 11.8. The van der Waals surface area contributed by atoms with Crippen LogP contribution >= 0.6 is 0 Å². The van der Waals surface area contributed by atoms with Crippen LogP contribution in [-0.2, 0) is 0 Å². The van der Waals surface area contributed by atoms with Gasteiger partial charge in [-0.25, -0.2) is 0 Å². The smallest absolute Gasteiger partial charge is 0.272 e. The number of rotatable bonds is 6. The Kier molecular flexibility index (Phi) is 5.62. The highest BCUT2D eigenvalue weighted by molar-refractivity contribution is 5.92. The van der Waals surface area contributed by atoms with E-state index in [0.29, 0.717) is 5.69 Å². The summed E-state index contributed by atoms with van der Waals surface area (Å²) in [6, 6.07) is 3.69. The summed E-state index contributed by atoms with van der Waals surface area (Å²) in [6.07, 6.45) is 4.01. The Labute approximate surface area is 109 Å². The zero-order valence-corrected chi connectivity index (χ0v) is 11.7. The molecule has 1 N–H and O–H groups in total. The van der Waals surface area contributed by atoms with E-state index < -0.39 is 0 Å². The number of anilines is 1. The van der Waals surface area contributed by atoms with Crippen LogP contribution in [0.15, 0.2) is 18.3 Å². The van der Waals surface area contributed by atoms with Gasteiger partial charge in [0.1, 0.15) is 5.69 Å². The van der Waals surface area contributed by atoms with Gasteiger partial charge in [-0.05, 0) is 30.9 Å². The molecule has 1 amide bonds. The van der Waals surface area contributed by atoms with Crippen LogP contribution in [0, 0.1) is 5.92 Å². The minimum atomic E-state index is -0.0687. The van der Waals surface area contributed by atoms with Crippen LogP contribution in [0.2, 0.25) is 0 Å². The van der Waals surface area contributed by atoms with Crippen LogP contribution in [0.4, 0.5) is 5.69 Å². The van der Waals surface area contributed by atoms with E-state index in [1.165, 1.54) is 11.3 Å². The lowest BCUT2D eigenvalue weighted by molar-refractivity contribution is 0.0822. The Morgan fingerprint density at radius 2 is 2.17 bits per heavy atom. The van der Waals surface area contributed by atoms with Crippen molar-refractivity contribution >= 4 is 11.6 Å². The van der Waals surface area contributed by atoms with E-state index in [4.69, 9.17) is 0 Å².